The number of hydrogen-bond acceptors (Lipinski definition) is 14. The number of amides is 2. The maximum atomic E-state index is 14.8. The van der Waals surface area contributed by atoms with Gasteiger partial charge >= 0.3 is 11.7 Å². The Hall–Kier alpha value is -4.53. The number of rotatable bonds is 69. The lowest BCUT2D eigenvalue weighted by Gasteiger charge is -2.36. The molecule has 107 heavy (non-hydrogen) atoms. The molecule has 1 aromatic heterocycles. The van der Waals surface area contributed by atoms with E-state index in [1.54, 1.807) is 16.7 Å². The Labute approximate surface area is 652 Å². The van der Waals surface area contributed by atoms with Crippen LogP contribution in [0.25, 0.3) is 0 Å². The average Bonchev–Trinajstić information content (AvgIpc) is 1.72. The van der Waals surface area contributed by atoms with E-state index in [9.17, 15) is 29.2 Å². The van der Waals surface area contributed by atoms with E-state index in [4.69, 9.17) is 32.7 Å². The number of aryl methyl sites for hydroxylation is 1. The molecule has 0 aliphatic carbocycles. The number of nitrogens with zero attached hydrogens (tertiary/aromatic N) is 5. The van der Waals surface area contributed by atoms with Gasteiger partial charge in [0.1, 0.15) is 18.4 Å². The molecule has 1 N–H and O–H groups in total. The van der Waals surface area contributed by atoms with Crippen molar-refractivity contribution in [2.24, 2.45) is 0 Å². The molecule has 18 nitrogen and oxygen atoms in total. The van der Waals surface area contributed by atoms with E-state index >= 15 is 0 Å². The molecule has 4 atom stereocenters. The van der Waals surface area contributed by atoms with Crippen molar-refractivity contribution in [3.05, 3.63) is 50.3 Å². The van der Waals surface area contributed by atoms with Gasteiger partial charge in [-0.3, -0.25) is 28.7 Å². The highest BCUT2D eigenvalue weighted by Crippen LogP contribution is 2.47. The number of hydrogen-bond donors (Lipinski definition) is 1. The summed E-state index contributed by atoms with van der Waals surface area (Å²) in [6.07, 6.45) is 60.9. The van der Waals surface area contributed by atoms with Gasteiger partial charge in [-0.05, 0) is 66.0 Å². The molecule has 4 rings (SSSR count). The molecule has 2 saturated heterocycles. The van der Waals surface area contributed by atoms with Crippen LogP contribution in [0.2, 0.25) is 0 Å². The Bertz CT molecular complexity index is 2680. The van der Waals surface area contributed by atoms with Crippen molar-refractivity contribution in [1.29, 1.82) is 5.26 Å². The lowest BCUT2D eigenvalue weighted by Crippen LogP contribution is -2.50. The van der Waals surface area contributed by atoms with E-state index < -0.39 is 44.2 Å². The second-order valence-corrected chi connectivity index (χ2v) is 33.1. The first-order chi connectivity index (χ1) is 52.2. The number of aromatic nitrogens is 2. The minimum absolute atomic E-state index is 0.0339. The minimum atomic E-state index is -1.68. The van der Waals surface area contributed by atoms with E-state index in [1.165, 1.54) is 280 Å². The number of esters is 1. The van der Waals surface area contributed by atoms with E-state index in [-0.39, 0.29) is 62.8 Å². The van der Waals surface area contributed by atoms with Gasteiger partial charge in [0.2, 0.25) is 11.7 Å². The molecular formula is C88H155N6O12P. The molecule has 0 saturated carbocycles. The predicted octanol–water partition coefficient (Wildman–Crippen LogP) is 23.0. The first kappa shape index (κ1) is 94.8. The van der Waals surface area contributed by atoms with Crippen LogP contribution in [-0.4, -0.2) is 125 Å². The third-order valence-electron chi connectivity index (χ3n) is 21.4. The molecule has 3 heterocycles. The molecule has 1 aromatic carbocycles. The summed E-state index contributed by atoms with van der Waals surface area (Å²) >= 11 is 0. The lowest BCUT2D eigenvalue weighted by atomic mass is 10.0. The molecule has 2 fully saturated rings. The molecule has 2 amide bonds. The Morgan fingerprint density at radius 2 is 0.897 bits per heavy atom. The Morgan fingerprint density at radius 1 is 0.523 bits per heavy atom. The number of unbranched alkanes of at least 4 members (excludes halogenated alkanes) is 45. The topological polar surface area (TPSA) is 204 Å². The number of ether oxygens (including phenoxy) is 5. The molecule has 0 spiro atoms. The Kier molecular flexibility index (Phi) is 55.0. The monoisotopic (exact) mass is 1520 g/mol. The SMILES string of the molecule is CCCCCCCCCCCCCCCCCCOc1cc(C(=O)N2CCN(C(=O)CCC(=O)O[C@H]3C[C@H](n4cc(C)c(=O)[nH]c4=O)O[C@@H]3COP(OCCC#N)N(C(C)C)C(C)C)CC2)cc(OCCCCCCCCCCCCCCCCCC)c1OCCCCCCCCCCCCCCCCCC. The van der Waals surface area contributed by atoms with Crippen LogP contribution in [0.1, 0.15) is 404 Å². The van der Waals surface area contributed by atoms with E-state index in [1.807, 2.05) is 39.8 Å². The highest BCUT2D eigenvalue weighted by Gasteiger charge is 2.41. The van der Waals surface area contributed by atoms with Gasteiger partial charge < -0.3 is 42.5 Å². The number of aromatic amines is 1. The van der Waals surface area contributed by atoms with Crippen LogP contribution in [0.5, 0.6) is 17.2 Å². The van der Waals surface area contributed by atoms with E-state index in [0.717, 1.165) is 38.5 Å². The van der Waals surface area contributed by atoms with Crippen molar-refractivity contribution in [1.82, 2.24) is 24.0 Å². The Balaban J connectivity index is 1.41. The lowest BCUT2D eigenvalue weighted by molar-refractivity contribution is -0.154. The second kappa shape index (κ2) is 62.1. The van der Waals surface area contributed by atoms with Crippen molar-refractivity contribution in [2.45, 2.75) is 420 Å². The Morgan fingerprint density at radius 3 is 1.28 bits per heavy atom. The van der Waals surface area contributed by atoms with E-state index in [2.05, 4.69) is 36.5 Å². The number of piperazine rings is 1. The van der Waals surface area contributed by atoms with Gasteiger partial charge in [0.25, 0.3) is 20.0 Å². The number of carbonyl (C=O) groups excluding carboxylic acids is 3. The van der Waals surface area contributed by atoms with Crippen LogP contribution in [0.15, 0.2) is 27.9 Å². The second-order valence-electron chi connectivity index (χ2n) is 31.6. The highest BCUT2D eigenvalue weighted by molar-refractivity contribution is 7.44. The average molecular weight is 1520 g/mol. The van der Waals surface area contributed by atoms with Crippen LogP contribution in [0.4, 0.5) is 0 Å². The molecular weight excluding hydrogens is 1360 g/mol. The maximum Gasteiger partial charge on any atom is 0.330 e. The summed E-state index contributed by atoms with van der Waals surface area (Å²) in [7, 11) is -1.68. The molecule has 2 aliphatic rings. The summed E-state index contributed by atoms with van der Waals surface area (Å²) in [5.41, 5.74) is -0.402. The zero-order valence-corrected chi connectivity index (χ0v) is 70.2. The standard InChI is InChI=1S/C88H155N6O12P/c1-9-12-15-18-21-24-27-30-33-36-39-42-45-48-51-54-65-100-79-69-77(70-80(101-66-55-52-49-46-43-40-37-34-31-28-25-22-19-16-13-10-2)85(79)102-67-56-53-50-47-44-41-38-35-32-29-26-23-20-17-14-11-3)87(98)92-63-61-91(62-64-92)82(95)58-59-84(96)106-78-71-83(93-72-76(8)86(97)90-88(93)99)105-81(78)73-104-107(103-68-57-60-89)94(74(4)5)75(6)7/h69-70,72,74-75,78,81,83H,9-59,61-68,71,73H2,1-8H3,(H,90,97,99)/t78-,81+,83+,107?/m0/s1. The van der Waals surface area contributed by atoms with Gasteiger partial charge in [0, 0.05) is 68.4 Å². The van der Waals surface area contributed by atoms with Gasteiger partial charge in [-0.2, -0.15) is 5.26 Å². The van der Waals surface area contributed by atoms with Crippen molar-refractivity contribution in [2.75, 3.05) is 59.2 Å². The van der Waals surface area contributed by atoms with Gasteiger partial charge in [-0.15, -0.1) is 0 Å². The first-order valence-electron chi connectivity index (χ1n) is 44.2. The first-order valence-corrected chi connectivity index (χ1v) is 45.4. The fourth-order valence-corrected chi connectivity index (χ4v) is 16.5. The summed E-state index contributed by atoms with van der Waals surface area (Å²) < 4.78 is 48.6. The highest BCUT2D eigenvalue weighted by atomic mass is 31.2. The van der Waals surface area contributed by atoms with Crippen LogP contribution < -0.4 is 25.5 Å². The molecule has 0 radical (unpaired) electrons. The predicted molar refractivity (Wildman–Crippen MR) is 439 cm³/mol. The van der Waals surface area contributed by atoms with E-state index in [0.29, 0.717) is 74.4 Å². The van der Waals surface area contributed by atoms with Crippen LogP contribution in [0.3, 0.4) is 0 Å². The normalized spacial score (nSPS) is 15.6. The van der Waals surface area contributed by atoms with Crippen molar-refractivity contribution >= 4 is 26.3 Å². The molecule has 2 aliphatic heterocycles. The number of benzene rings is 1. The number of carbonyl (C=O) groups is 3. The summed E-state index contributed by atoms with van der Waals surface area (Å²) in [6, 6.07) is 5.89. The summed E-state index contributed by atoms with van der Waals surface area (Å²) in [4.78, 5) is 73.8. The minimum Gasteiger partial charge on any atom is -0.490 e. The molecule has 19 heteroatoms. The van der Waals surface area contributed by atoms with Gasteiger partial charge in [0.05, 0.1) is 51.9 Å². The fraction of sp³-hybridized carbons (Fsp3) is 0.841. The van der Waals surface area contributed by atoms with Crippen LogP contribution in [-0.2, 0) is 28.1 Å². The smallest absolute Gasteiger partial charge is 0.330 e. The third kappa shape index (κ3) is 42.6. The number of nitriles is 1. The quantitative estimate of drug-likeness (QED) is 0.0372. The molecule has 2 aromatic rings. The van der Waals surface area contributed by atoms with Crippen molar-refractivity contribution < 1.29 is 47.1 Å². The maximum absolute atomic E-state index is 14.8. The van der Waals surface area contributed by atoms with Gasteiger partial charge in [-0.25, -0.2) is 9.46 Å². The summed E-state index contributed by atoms with van der Waals surface area (Å²) in [5.74, 6) is 0.664. The summed E-state index contributed by atoms with van der Waals surface area (Å²) in [6.45, 7) is 19.4. The molecule has 1 unspecified atom stereocenters. The molecule has 0 bridgehead atoms. The van der Waals surface area contributed by atoms with Crippen molar-refractivity contribution in [3.63, 3.8) is 0 Å². The van der Waals surface area contributed by atoms with Crippen LogP contribution >= 0.6 is 8.53 Å². The fourth-order valence-electron chi connectivity index (χ4n) is 14.9. The van der Waals surface area contributed by atoms with Crippen molar-refractivity contribution in [3.8, 4) is 23.3 Å². The van der Waals surface area contributed by atoms with Crippen LogP contribution in [0, 0.1) is 18.3 Å². The number of nitrogens with one attached hydrogen (secondary N) is 1. The molecule has 614 valence electrons. The summed E-state index contributed by atoms with van der Waals surface area (Å²) in [5, 5.41) is 9.28. The zero-order chi connectivity index (χ0) is 77.2. The third-order valence-corrected chi connectivity index (χ3v) is 23.5. The number of H-pyrrole nitrogens is 1. The largest absolute Gasteiger partial charge is 0.490 e. The van der Waals surface area contributed by atoms with Gasteiger partial charge in [0.15, 0.2) is 11.5 Å². The zero-order valence-electron chi connectivity index (χ0n) is 69.3. The van der Waals surface area contributed by atoms with Gasteiger partial charge in [-0.1, -0.05) is 310 Å².